The highest BCUT2D eigenvalue weighted by atomic mass is 32.3. The summed E-state index contributed by atoms with van der Waals surface area (Å²) in [7, 11) is 0. The SMILES string of the molecule is C1COC2SC3=C(SC(=C4SC5=C(S4)SC4OCCOC4S5)S3)SC2O1. The van der Waals surface area contributed by atoms with E-state index in [2.05, 4.69) is 0 Å². The first-order valence-corrected chi connectivity index (χ1v) is 14.7. The molecule has 0 aromatic carbocycles. The van der Waals surface area contributed by atoms with E-state index >= 15 is 0 Å². The predicted molar refractivity (Wildman–Crippen MR) is 121 cm³/mol. The number of rotatable bonds is 0. The Morgan fingerprint density at radius 2 is 0.692 bits per heavy atom. The fourth-order valence-corrected chi connectivity index (χ4v) is 15.4. The lowest BCUT2D eigenvalue weighted by atomic mass is 10.6. The summed E-state index contributed by atoms with van der Waals surface area (Å²) in [4.78, 5) is 0. The number of ether oxygens (including phenoxy) is 4. The van der Waals surface area contributed by atoms with Crippen molar-refractivity contribution in [2.75, 3.05) is 26.4 Å². The smallest absolute Gasteiger partial charge is 0.144 e. The van der Waals surface area contributed by atoms with Crippen molar-refractivity contribution in [1.29, 1.82) is 0 Å². The van der Waals surface area contributed by atoms with Crippen LogP contribution in [0.2, 0.25) is 0 Å². The van der Waals surface area contributed by atoms with Gasteiger partial charge in [-0.2, -0.15) is 0 Å². The van der Waals surface area contributed by atoms with Crippen LogP contribution in [0.4, 0.5) is 0 Å². The molecule has 0 radical (unpaired) electrons. The first-order valence-electron chi connectivity index (χ1n) is 7.91. The molecule has 0 N–H and O–H groups in total. The molecule has 0 saturated carbocycles. The molecule has 2 fully saturated rings. The zero-order chi connectivity index (χ0) is 17.1. The third-order valence-corrected chi connectivity index (χ3v) is 16.2. The number of hydrogen-bond acceptors (Lipinski definition) is 12. The minimum atomic E-state index is 0.128. The third kappa shape index (κ3) is 3.47. The summed E-state index contributed by atoms with van der Waals surface area (Å²) in [5, 5.41) is 0. The van der Waals surface area contributed by atoms with E-state index in [0.29, 0.717) is 26.4 Å². The molecule has 6 aliphatic heterocycles. The summed E-state index contributed by atoms with van der Waals surface area (Å²) in [5.74, 6) is 0. The molecule has 140 valence electrons. The molecule has 26 heavy (non-hydrogen) atoms. The van der Waals surface area contributed by atoms with E-state index in [4.69, 9.17) is 18.9 Å². The number of fused-ring (bicyclic) bond motifs is 2. The lowest BCUT2D eigenvalue weighted by Crippen LogP contribution is -2.35. The van der Waals surface area contributed by atoms with Crippen molar-refractivity contribution in [1.82, 2.24) is 0 Å². The minimum absolute atomic E-state index is 0.128. The van der Waals surface area contributed by atoms with Crippen molar-refractivity contribution in [2.45, 2.75) is 21.7 Å². The largest absolute Gasteiger partial charge is 0.361 e. The molecule has 6 rings (SSSR count). The van der Waals surface area contributed by atoms with Crippen LogP contribution in [0.25, 0.3) is 0 Å². The second-order valence-corrected chi connectivity index (χ2v) is 15.6. The molecule has 0 aromatic rings. The van der Waals surface area contributed by atoms with Crippen LogP contribution in [0.15, 0.2) is 25.4 Å². The quantitative estimate of drug-likeness (QED) is 0.410. The van der Waals surface area contributed by atoms with Gasteiger partial charge in [0.15, 0.2) is 0 Å². The maximum absolute atomic E-state index is 5.87. The highest BCUT2D eigenvalue weighted by molar-refractivity contribution is 8.45. The van der Waals surface area contributed by atoms with Crippen molar-refractivity contribution >= 4 is 94.1 Å². The monoisotopic (exact) mass is 500 g/mol. The van der Waals surface area contributed by atoms with E-state index in [-0.39, 0.29) is 21.7 Å². The molecule has 0 aliphatic carbocycles. The van der Waals surface area contributed by atoms with Crippen LogP contribution in [-0.2, 0) is 18.9 Å². The molecule has 0 amide bonds. The molecule has 6 aliphatic rings. The summed E-state index contributed by atoms with van der Waals surface area (Å²) in [6.45, 7) is 2.80. The summed E-state index contributed by atoms with van der Waals surface area (Å²) in [5.41, 5.74) is 0.514. The molecule has 12 heteroatoms. The van der Waals surface area contributed by atoms with Crippen LogP contribution in [0.1, 0.15) is 0 Å². The first-order chi connectivity index (χ1) is 12.8. The fraction of sp³-hybridized carbons (Fsp3) is 0.571. The number of hydrogen-bond donors (Lipinski definition) is 0. The van der Waals surface area contributed by atoms with E-state index < -0.39 is 0 Å². The van der Waals surface area contributed by atoms with Gasteiger partial charge in [0.05, 0.1) is 51.9 Å². The van der Waals surface area contributed by atoms with E-state index in [1.165, 1.54) is 25.4 Å². The second kappa shape index (κ2) is 7.84. The van der Waals surface area contributed by atoms with Crippen molar-refractivity contribution in [3.63, 3.8) is 0 Å². The van der Waals surface area contributed by atoms with Gasteiger partial charge in [-0.3, -0.25) is 0 Å². The Hall–Kier alpha value is 1.86. The lowest BCUT2D eigenvalue weighted by molar-refractivity contribution is -0.0659. The topological polar surface area (TPSA) is 36.9 Å². The Labute approximate surface area is 185 Å². The molecule has 2 saturated heterocycles. The standard InChI is InChI=1S/C14H12O4S8/c1-2-16-6-5(15-1)19-9-10(20-6)24-13(23-9)14-25-11-12(26-14)22-8-7(21-11)17-3-4-18-8/h5-8H,1-4H2. The summed E-state index contributed by atoms with van der Waals surface area (Å²) in [6.07, 6.45) is 0. The molecule has 0 aromatic heterocycles. The van der Waals surface area contributed by atoms with E-state index in [1.807, 2.05) is 94.1 Å². The van der Waals surface area contributed by atoms with Crippen LogP contribution in [0, 0.1) is 0 Å². The van der Waals surface area contributed by atoms with Gasteiger partial charge in [0.25, 0.3) is 0 Å². The summed E-state index contributed by atoms with van der Waals surface area (Å²) < 4.78 is 31.8. The lowest BCUT2D eigenvalue weighted by Gasteiger charge is -2.33. The van der Waals surface area contributed by atoms with Gasteiger partial charge in [0.1, 0.15) is 21.7 Å². The van der Waals surface area contributed by atoms with Crippen molar-refractivity contribution < 1.29 is 18.9 Å². The number of thioether (sulfide) groups is 8. The zero-order valence-corrected chi connectivity index (χ0v) is 19.6. The van der Waals surface area contributed by atoms with Gasteiger partial charge < -0.3 is 18.9 Å². The second-order valence-electron chi connectivity index (χ2n) is 5.56. The molecular formula is C14H12O4S8. The van der Waals surface area contributed by atoms with Crippen molar-refractivity contribution in [3.8, 4) is 0 Å². The van der Waals surface area contributed by atoms with Gasteiger partial charge >= 0.3 is 0 Å². The van der Waals surface area contributed by atoms with Gasteiger partial charge in [0, 0.05) is 0 Å². The van der Waals surface area contributed by atoms with Gasteiger partial charge in [-0.15, -0.1) is 0 Å². The highest BCUT2D eigenvalue weighted by Crippen LogP contribution is 2.70. The van der Waals surface area contributed by atoms with Crippen LogP contribution in [-0.4, -0.2) is 48.2 Å². The normalized spacial score (nSPS) is 39.7. The molecule has 0 bridgehead atoms. The van der Waals surface area contributed by atoms with E-state index in [9.17, 15) is 0 Å². The third-order valence-electron chi connectivity index (χ3n) is 3.87. The Kier molecular flexibility index (Phi) is 5.61. The van der Waals surface area contributed by atoms with Crippen LogP contribution in [0.3, 0.4) is 0 Å². The average molecular weight is 501 g/mol. The Balaban J connectivity index is 1.18. The maximum Gasteiger partial charge on any atom is 0.144 e. The van der Waals surface area contributed by atoms with Crippen molar-refractivity contribution in [2.24, 2.45) is 0 Å². The van der Waals surface area contributed by atoms with E-state index in [0.717, 1.165) is 0 Å². The Morgan fingerprint density at radius 3 is 0.962 bits per heavy atom. The van der Waals surface area contributed by atoms with E-state index in [1.54, 1.807) is 0 Å². The molecule has 6 heterocycles. The average Bonchev–Trinajstić information content (AvgIpc) is 3.27. The Bertz CT molecular complexity index is 620. The summed E-state index contributed by atoms with van der Waals surface area (Å²) in [6, 6.07) is 0. The molecule has 4 unspecified atom stereocenters. The molecule has 4 nitrogen and oxygen atoms in total. The van der Waals surface area contributed by atoms with Gasteiger partial charge in [0.2, 0.25) is 0 Å². The Morgan fingerprint density at radius 1 is 0.423 bits per heavy atom. The minimum Gasteiger partial charge on any atom is -0.361 e. The van der Waals surface area contributed by atoms with Crippen LogP contribution >= 0.6 is 94.1 Å². The molecule has 0 spiro atoms. The van der Waals surface area contributed by atoms with Crippen LogP contribution in [0.5, 0.6) is 0 Å². The molecule has 4 atom stereocenters. The highest BCUT2D eigenvalue weighted by Gasteiger charge is 2.43. The van der Waals surface area contributed by atoms with Crippen molar-refractivity contribution in [3.05, 3.63) is 25.4 Å². The zero-order valence-electron chi connectivity index (χ0n) is 13.0. The fourth-order valence-electron chi connectivity index (χ4n) is 2.75. The predicted octanol–water partition coefficient (Wildman–Crippen LogP) is 5.68. The van der Waals surface area contributed by atoms with Gasteiger partial charge in [-0.1, -0.05) is 94.1 Å². The first kappa shape index (κ1) is 18.6. The maximum atomic E-state index is 5.87. The molecular weight excluding hydrogens is 489 g/mol. The van der Waals surface area contributed by atoms with Gasteiger partial charge in [-0.05, 0) is 0 Å². The van der Waals surface area contributed by atoms with Crippen LogP contribution < -0.4 is 0 Å². The van der Waals surface area contributed by atoms with Gasteiger partial charge in [-0.25, -0.2) is 0 Å². The summed E-state index contributed by atoms with van der Waals surface area (Å²) >= 11 is 14.9.